The second-order valence-electron chi connectivity index (χ2n) is 5.78. The molecule has 106 valence electrons. The summed E-state index contributed by atoms with van der Waals surface area (Å²) in [6, 6.07) is 6.26. The summed E-state index contributed by atoms with van der Waals surface area (Å²) >= 11 is 0. The standard InChI is InChI=1S/C16H24O3/c1-5-12-8-9-14(13(11-12)16(2,3)4)19-10-6-7-15(17)18/h8-9,11H,5-7,10H2,1-4H3,(H,17,18). The van der Waals surface area contributed by atoms with Crippen LogP contribution in [0.4, 0.5) is 0 Å². The van der Waals surface area contributed by atoms with Crippen LogP contribution in [0.5, 0.6) is 5.75 Å². The molecule has 0 heterocycles. The Hall–Kier alpha value is -1.51. The molecule has 0 bridgehead atoms. The van der Waals surface area contributed by atoms with Crippen molar-refractivity contribution < 1.29 is 14.6 Å². The highest BCUT2D eigenvalue weighted by Crippen LogP contribution is 2.32. The first kappa shape index (κ1) is 15.5. The number of aliphatic carboxylic acids is 1. The third kappa shape index (κ3) is 4.93. The van der Waals surface area contributed by atoms with Crippen LogP contribution in [0.3, 0.4) is 0 Å². The molecule has 0 unspecified atom stereocenters. The van der Waals surface area contributed by atoms with E-state index >= 15 is 0 Å². The van der Waals surface area contributed by atoms with Gasteiger partial charge in [0.15, 0.2) is 0 Å². The van der Waals surface area contributed by atoms with E-state index in [-0.39, 0.29) is 11.8 Å². The van der Waals surface area contributed by atoms with Crippen LogP contribution in [0.1, 0.15) is 51.7 Å². The molecule has 3 nitrogen and oxygen atoms in total. The topological polar surface area (TPSA) is 46.5 Å². The van der Waals surface area contributed by atoms with Crippen molar-refractivity contribution in [1.82, 2.24) is 0 Å². The lowest BCUT2D eigenvalue weighted by molar-refractivity contribution is -0.137. The minimum absolute atomic E-state index is 0.0211. The Kier molecular flexibility index (Phi) is 5.40. The van der Waals surface area contributed by atoms with Gasteiger partial charge < -0.3 is 9.84 Å². The Bertz CT molecular complexity index is 430. The first-order valence-electron chi connectivity index (χ1n) is 6.82. The van der Waals surface area contributed by atoms with E-state index in [1.54, 1.807) is 0 Å². The zero-order chi connectivity index (χ0) is 14.5. The minimum atomic E-state index is -0.777. The first-order chi connectivity index (χ1) is 8.84. The molecule has 3 heteroatoms. The molecular weight excluding hydrogens is 240 g/mol. The van der Waals surface area contributed by atoms with E-state index in [0.29, 0.717) is 13.0 Å². The first-order valence-corrected chi connectivity index (χ1v) is 6.82. The molecule has 0 atom stereocenters. The number of rotatable bonds is 6. The smallest absolute Gasteiger partial charge is 0.303 e. The predicted octanol–water partition coefficient (Wildman–Crippen LogP) is 3.79. The average Bonchev–Trinajstić information content (AvgIpc) is 2.33. The summed E-state index contributed by atoms with van der Waals surface area (Å²) in [6.45, 7) is 9.06. The Morgan fingerprint density at radius 1 is 1.32 bits per heavy atom. The highest BCUT2D eigenvalue weighted by Gasteiger charge is 2.19. The quantitative estimate of drug-likeness (QED) is 0.795. The van der Waals surface area contributed by atoms with Crippen LogP contribution in [0, 0.1) is 0 Å². The summed E-state index contributed by atoms with van der Waals surface area (Å²) in [6.07, 6.45) is 1.69. The molecule has 0 aliphatic heterocycles. The van der Waals surface area contributed by atoms with Crippen molar-refractivity contribution in [1.29, 1.82) is 0 Å². The van der Waals surface area contributed by atoms with Crippen molar-refractivity contribution >= 4 is 5.97 Å². The van der Waals surface area contributed by atoms with Crippen LogP contribution in [-0.4, -0.2) is 17.7 Å². The van der Waals surface area contributed by atoms with E-state index in [4.69, 9.17) is 9.84 Å². The summed E-state index contributed by atoms with van der Waals surface area (Å²) in [7, 11) is 0. The summed E-state index contributed by atoms with van der Waals surface area (Å²) in [4.78, 5) is 10.5. The molecule has 0 fully saturated rings. The lowest BCUT2D eigenvalue weighted by Gasteiger charge is -2.23. The normalized spacial score (nSPS) is 11.4. The van der Waals surface area contributed by atoms with Gasteiger partial charge in [-0.1, -0.05) is 39.8 Å². The third-order valence-electron chi connectivity index (χ3n) is 3.05. The Labute approximate surface area is 115 Å². The summed E-state index contributed by atoms with van der Waals surface area (Å²) in [5.41, 5.74) is 2.50. The molecule has 0 saturated carbocycles. The number of hydrogen-bond donors (Lipinski definition) is 1. The van der Waals surface area contributed by atoms with Crippen LogP contribution >= 0.6 is 0 Å². The second-order valence-corrected chi connectivity index (χ2v) is 5.78. The number of hydrogen-bond acceptors (Lipinski definition) is 2. The van der Waals surface area contributed by atoms with Crippen molar-refractivity contribution in [3.8, 4) is 5.75 Å². The molecule has 1 N–H and O–H groups in total. The average molecular weight is 264 g/mol. The largest absolute Gasteiger partial charge is 0.493 e. The molecule has 1 aromatic rings. The number of aryl methyl sites for hydroxylation is 1. The molecule has 0 amide bonds. The van der Waals surface area contributed by atoms with Crippen molar-refractivity contribution in [2.75, 3.05) is 6.61 Å². The van der Waals surface area contributed by atoms with Gasteiger partial charge in [-0.05, 0) is 35.4 Å². The molecular formula is C16H24O3. The lowest BCUT2D eigenvalue weighted by Crippen LogP contribution is -2.14. The lowest BCUT2D eigenvalue weighted by atomic mass is 9.85. The van der Waals surface area contributed by atoms with Crippen molar-refractivity contribution in [3.63, 3.8) is 0 Å². The van der Waals surface area contributed by atoms with Crippen LogP contribution in [0.15, 0.2) is 18.2 Å². The van der Waals surface area contributed by atoms with E-state index in [0.717, 1.165) is 12.2 Å². The Morgan fingerprint density at radius 3 is 2.53 bits per heavy atom. The van der Waals surface area contributed by atoms with E-state index < -0.39 is 5.97 Å². The predicted molar refractivity (Wildman–Crippen MR) is 76.9 cm³/mol. The third-order valence-corrected chi connectivity index (χ3v) is 3.05. The summed E-state index contributed by atoms with van der Waals surface area (Å²) in [5.74, 6) is 0.0936. The van der Waals surface area contributed by atoms with Gasteiger partial charge in [-0.25, -0.2) is 0 Å². The fourth-order valence-corrected chi connectivity index (χ4v) is 1.91. The maximum absolute atomic E-state index is 10.5. The number of benzene rings is 1. The maximum Gasteiger partial charge on any atom is 0.303 e. The van der Waals surface area contributed by atoms with Crippen LogP contribution in [0.25, 0.3) is 0 Å². The molecule has 0 aliphatic rings. The number of carboxylic acids is 1. The van der Waals surface area contributed by atoms with E-state index in [1.165, 1.54) is 11.1 Å². The van der Waals surface area contributed by atoms with Gasteiger partial charge in [-0.3, -0.25) is 4.79 Å². The van der Waals surface area contributed by atoms with Gasteiger partial charge in [0, 0.05) is 6.42 Å². The monoisotopic (exact) mass is 264 g/mol. The van der Waals surface area contributed by atoms with Crippen LogP contribution in [-0.2, 0) is 16.6 Å². The fourth-order valence-electron chi connectivity index (χ4n) is 1.91. The van der Waals surface area contributed by atoms with Crippen molar-refractivity contribution in [2.24, 2.45) is 0 Å². The highest BCUT2D eigenvalue weighted by molar-refractivity contribution is 5.66. The van der Waals surface area contributed by atoms with E-state index in [1.807, 2.05) is 6.07 Å². The molecule has 0 aliphatic carbocycles. The Morgan fingerprint density at radius 2 is 2.00 bits per heavy atom. The van der Waals surface area contributed by atoms with Crippen LogP contribution < -0.4 is 4.74 Å². The fraction of sp³-hybridized carbons (Fsp3) is 0.562. The molecule has 1 aromatic carbocycles. The van der Waals surface area contributed by atoms with Gasteiger partial charge in [0.25, 0.3) is 0 Å². The van der Waals surface area contributed by atoms with Gasteiger partial charge in [0.2, 0.25) is 0 Å². The highest BCUT2D eigenvalue weighted by atomic mass is 16.5. The molecule has 0 radical (unpaired) electrons. The van der Waals surface area contributed by atoms with Crippen molar-refractivity contribution in [2.45, 2.75) is 52.4 Å². The second kappa shape index (κ2) is 6.60. The SMILES string of the molecule is CCc1ccc(OCCCC(=O)O)c(C(C)(C)C)c1. The van der Waals surface area contributed by atoms with Gasteiger partial charge in [0.1, 0.15) is 5.75 Å². The molecule has 0 saturated heterocycles. The molecule has 1 rings (SSSR count). The zero-order valence-electron chi connectivity index (χ0n) is 12.3. The van der Waals surface area contributed by atoms with E-state index in [9.17, 15) is 4.79 Å². The minimum Gasteiger partial charge on any atom is -0.493 e. The summed E-state index contributed by atoms with van der Waals surface area (Å²) in [5, 5.41) is 8.61. The Balaban J connectivity index is 2.79. The molecule has 19 heavy (non-hydrogen) atoms. The van der Waals surface area contributed by atoms with Gasteiger partial charge in [-0.2, -0.15) is 0 Å². The van der Waals surface area contributed by atoms with Gasteiger partial charge in [0.05, 0.1) is 6.61 Å². The molecule has 0 spiro atoms. The molecule has 0 aromatic heterocycles. The van der Waals surface area contributed by atoms with Crippen LogP contribution in [0.2, 0.25) is 0 Å². The zero-order valence-corrected chi connectivity index (χ0v) is 12.3. The van der Waals surface area contributed by atoms with Gasteiger partial charge in [-0.15, -0.1) is 0 Å². The maximum atomic E-state index is 10.5. The number of carboxylic acid groups (broad SMARTS) is 1. The van der Waals surface area contributed by atoms with Gasteiger partial charge >= 0.3 is 5.97 Å². The van der Waals surface area contributed by atoms with E-state index in [2.05, 4.69) is 39.8 Å². The number of ether oxygens (including phenoxy) is 1. The number of carbonyl (C=O) groups is 1. The summed E-state index contributed by atoms with van der Waals surface area (Å²) < 4.78 is 5.75. The van der Waals surface area contributed by atoms with Crippen molar-refractivity contribution in [3.05, 3.63) is 29.3 Å².